The van der Waals surface area contributed by atoms with E-state index in [0.29, 0.717) is 6.29 Å². The molecule has 0 unspecified atom stereocenters. The number of nitrogens with one attached hydrogen (secondary N) is 1. The molecule has 1 amide bonds. The maximum atomic E-state index is 13.0. The van der Waals surface area contributed by atoms with Crippen LogP contribution in [0.3, 0.4) is 0 Å². The van der Waals surface area contributed by atoms with Gasteiger partial charge in [0.2, 0.25) is 0 Å². The Balaban J connectivity index is 2.18. The third-order valence-electron chi connectivity index (χ3n) is 3.49. The molecule has 10 heteroatoms. The summed E-state index contributed by atoms with van der Waals surface area (Å²) < 4.78 is 44.2. The van der Waals surface area contributed by atoms with Gasteiger partial charge < -0.3 is 10.1 Å². The van der Waals surface area contributed by atoms with Crippen molar-refractivity contribution in [1.29, 1.82) is 0 Å². The summed E-state index contributed by atoms with van der Waals surface area (Å²) in [6.07, 6.45) is -5.62. The number of amides is 1. The van der Waals surface area contributed by atoms with Gasteiger partial charge in [-0.1, -0.05) is 12.1 Å². The average Bonchev–Trinajstić information content (AvgIpc) is 2.61. The van der Waals surface area contributed by atoms with E-state index in [0.717, 1.165) is 30.3 Å². The van der Waals surface area contributed by atoms with E-state index < -0.39 is 34.4 Å². The Morgan fingerprint density at radius 2 is 1.93 bits per heavy atom. The molecular weight excluding hydrogens is 369 g/mol. The second-order valence-electron chi connectivity index (χ2n) is 5.39. The second-order valence-corrected chi connectivity index (χ2v) is 5.39. The molecular formula is C17H13F3N2O5. The molecule has 0 aliphatic heterocycles. The van der Waals surface area contributed by atoms with Crippen LogP contribution in [0.4, 0.5) is 24.5 Å². The van der Waals surface area contributed by atoms with Crippen molar-refractivity contribution < 1.29 is 32.4 Å². The molecule has 0 fully saturated rings. The van der Waals surface area contributed by atoms with Crippen molar-refractivity contribution in [3.05, 3.63) is 63.7 Å². The Morgan fingerprint density at radius 1 is 1.26 bits per heavy atom. The van der Waals surface area contributed by atoms with E-state index in [1.807, 2.05) is 0 Å². The molecule has 0 saturated heterocycles. The van der Waals surface area contributed by atoms with Crippen LogP contribution in [-0.2, 0) is 11.0 Å². The van der Waals surface area contributed by atoms with Crippen LogP contribution in [0.5, 0.6) is 5.75 Å². The molecule has 1 atom stereocenters. The first-order valence-corrected chi connectivity index (χ1v) is 7.51. The van der Waals surface area contributed by atoms with Crippen LogP contribution in [0.15, 0.2) is 42.5 Å². The Labute approximate surface area is 150 Å². The number of nitro groups is 1. The van der Waals surface area contributed by atoms with E-state index in [2.05, 4.69) is 5.32 Å². The van der Waals surface area contributed by atoms with Crippen molar-refractivity contribution in [2.24, 2.45) is 0 Å². The lowest BCUT2D eigenvalue weighted by molar-refractivity contribution is -0.384. The standard InChI is InChI=1S/C17H13F3N2O5/c1-10(27-15-7-6-12(22(25)26)8-11(15)9-23)16(24)21-14-5-3-2-4-13(14)17(18,19)20/h2-10H,1H3,(H,21,24)/t10-/m0/s1. The Kier molecular flexibility index (Phi) is 5.78. The van der Waals surface area contributed by atoms with Gasteiger partial charge in [-0.25, -0.2) is 0 Å². The molecule has 2 aromatic rings. The Bertz CT molecular complexity index is 883. The first-order chi connectivity index (χ1) is 12.6. The van der Waals surface area contributed by atoms with Crippen LogP contribution in [0, 0.1) is 10.1 Å². The number of alkyl halides is 3. The van der Waals surface area contributed by atoms with E-state index in [-0.39, 0.29) is 17.0 Å². The fraction of sp³-hybridized carbons (Fsp3) is 0.176. The number of anilines is 1. The lowest BCUT2D eigenvalue weighted by Gasteiger charge is -2.18. The number of nitrogens with zero attached hydrogens (tertiary/aromatic N) is 1. The summed E-state index contributed by atoms with van der Waals surface area (Å²) in [5, 5.41) is 12.8. The molecule has 2 rings (SSSR count). The van der Waals surface area contributed by atoms with Gasteiger partial charge in [0.15, 0.2) is 12.4 Å². The normalized spacial score (nSPS) is 12.1. The fourth-order valence-electron chi connectivity index (χ4n) is 2.17. The van der Waals surface area contributed by atoms with Crippen molar-refractivity contribution in [1.82, 2.24) is 0 Å². The van der Waals surface area contributed by atoms with Crippen molar-refractivity contribution >= 4 is 23.6 Å². The molecule has 0 bridgehead atoms. The van der Waals surface area contributed by atoms with E-state index in [1.54, 1.807) is 0 Å². The molecule has 0 radical (unpaired) electrons. The molecule has 0 saturated carbocycles. The molecule has 0 spiro atoms. The van der Waals surface area contributed by atoms with Crippen molar-refractivity contribution in [3.63, 3.8) is 0 Å². The van der Waals surface area contributed by atoms with Crippen LogP contribution in [0.2, 0.25) is 0 Å². The minimum atomic E-state index is -4.66. The van der Waals surface area contributed by atoms with Gasteiger partial charge in [-0.2, -0.15) is 13.2 Å². The zero-order valence-electron chi connectivity index (χ0n) is 13.8. The molecule has 27 heavy (non-hydrogen) atoms. The largest absolute Gasteiger partial charge is 0.480 e. The number of ether oxygens (including phenoxy) is 1. The van der Waals surface area contributed by atoms with Crippen LogP contribution in [0.25, 0.3) is 0 Å². The van der Waals surface area contributed by atoms with Crippen LogP contribution < -0.4 is 10.1 Å². The summed E-state index contributed by atoms with van der Waals surface area (Å²) in [6.45, 7) is 1.27. The number of carbonyl (C=O) groups excluding carboxylic acids is 2. The predicted octanol–water partition coefficient (Wildman–Crippen LogP) is 3.83. The lowest BCUT2D eigenvalue weighted by Crippen LogP contribution is -2.31. The number of rotatable bonds is 6. The van der Waals surface area contributed by atoms with Gasteiger partial charge >= 0.3 is 6.18 Å². The van der Waals surface area contributed by atoms with Gasteiger partial charge in [0.05, 0.1) is 21.7 Å². The number of benzene rings is 2. The SMILES string of the molecule is C[C@H](Oc1ccc([N+](=O)[O-])cc1C=O)C(=O)Nc1ccccc1C(F)(F)F. The maximum absolute atomic E-state index is 13.0. The molecule has 0 heterocycles. The van der Waals surface area contributed by atoms with Gasteiger partial charge in [-0.15, -0.1) is 0 Å². The molecule has 1 N–H and O–H groups in total. The Hall–Kier alpha value is -3.43. The van der Waals surface area contributed by atoms with Gasteiger partial charge in [0.1, 0.15) is 5.75 Å². The summed E-state index contributed by atoms with van der Waals surface area (Å²) >= 11 is 0. The highest BCUT2D eigenvalue weighted by atomic mass is 19.4. The van der Waals surface area contributed by atoms with Crippen molar-refractivity contribution in [2.45, 2.75) is 19.2 Å². The van der Waals surface area contributed by atoms with Crippen molar-refractivity contribution in [2.75, 3.05) is 5.32 Å². The first-order valence-electron chi connectivity index (χ1n) is 7.51. The van der Waals surface area contributed by atoms with Crippen LogP contribution in [0.1, 0.15) is 22.8 Å². The lowest BCUT2D eigenvalue weighted by atomic mass is 10.1. The molecule has 0 aliphatic carbocycles. The highest BCUT2D eigenvalue weighted by molar-refractivity contribution is 5.95. The van der Waals surface area contributed by atoms with Crippen LogP contribution >= 0.6 is 0 Å². The summed E-state index contributed by atoms with van der Waals surface area (Å²) in [6, 6.07) is 7.61. The highest BCUT2D eigenvalue weighted by Crippen LogP contribution is 2.34. The smallest absolute Gasteiger partial charge is 0.418 e. The number of hydrogen-bond donors (Lipinski definition) is 1. The fourth-order valence-corrected chi connectivity index (χ4v) is 2.17. The summed E-state index contributed by atoms with van der Waals surface area (Å²) in [5.41, 5.74) is -1.97. The monoisotopic (exact) mass is 382 g/mol. The van der Waals surface area contributed by atoms with Gasteiger partial charge in [0, 0.05) is 12.1 Å². The van der Waals surface area contributed by atoms with Crippen molar-refractivity contribution in [3.8, 4) is 5.75 Å². The molecule has 2 aromatic carbocycles. The van der Waals surface area contributed by atoms with Crippen LogP contribution in [-0.4, -0.2) is 23.2 Å². The number of nitro benzene ring substituents is 1. The number of hydrogen-bond acceptors (Lipinski definition) is 5. The molecule has 142 valence electrons. The topological polar surface area (TPSA) is 98.5 Å². The maximum Gasteiger partial charge on any atom is 0.418 e. The minimum absolute atomic E-state index is 0.109. The van der Waals surface area contributed by atoms with E-state index in [4.69, 9.17) is 4.74 Å². The zero-order chi connectivity index (χ0) is 20.2. The first kappa shape index (κ1) is 19.9. The molecule has 7 nitrogen and oxygen atoms in total. The van der Waals surface area contributed by atoms with Gasteiger partial charge in [0.25, 0.3) is 11.6 Å². The third-order valence-corrected chi connectivity index (χ3v) is 3.49. The van der Waals surface area contributed by atoms with Gasteiger partial charge in [-0.05, 0) is 25.1 Å². The quantitative estimate of drug-likeness (QED) is 0.465. The second kappa shape index (κ2) is 7.85. The zero-order valence-corrected chi connectivity index (χ0v) is 13.8. The molecule has 0 aliphatic rings. The summed E-state index contributed by atoms with van der Waals surface area (Å²) in [5.74, 6) is -0.996. The minimum Gasteiger partial charge on any atom is -0.480 e. The summed E-state index contributed by atoms with van der Waals surface area (Å²) in [4.78, 5) is 33.3. The molecule has 0 aromatic heterocycles. The van der Waals surface area contributed by atoms with E-state index >= 15 is 0 Å². The predicted molar refractivity (Wildman–Crippen MR) is 88.6 cm³/mol. The van der Waals surface area contributed by atoms with Gasteiger partial charge in [-0.3, -0.25) is 19.7 Å². The summed E-state index contributed by atoms with van der Waals surface area (Å²) in [7, 11) is 0. The van der Waals surface area contributed by atoms with E-state index in [9.17, 15) is 32.9 Å². The third kappa shape index (κ3) is 4.81. The Morgan fingerprint density at radius 3 is 2.52 bits per heavy atom. The number of halogens is 3. The number of non-ortho nitro benzene ring substituents is 1. The number of aldehydes is 1. The number of para-hydroxylation sites is 1. The number of carbonyl (C=O) groups is 2. The average molecular weight is 382 g/mol. The highest BCUT2D eigenvalue weighted by Gasteiger charge is 2.34. The van der Waals surface area contributed by atoms with E-state index in [1.165, 1.54) is 19.1 Å².